The highest BCUT2D eigenvalue weighted by Gasteiger charge is 2.33. The molecule has 0 radical (unpaired) electrons. The highest BCUT2D eigenvalue weighted by Crippen LogP contribution is 2.35. The van der Waals surface area contributed by atoms with Gasteiger partial charge in [0.2, 0.25) is 0 Å². The molecule has 0 aliphatic carbocycles. The molecule has 152 valence electrons. The Kier molecular flexibility index (Phi) is 5.93. The molecule has 0 fully saturated rings. The Morgan fingerprint density at radius 1 is 1.07 bits per heavy atom. The molecule has 3 rings (SSSR count). The Morgan fingerprint density at radius 2 is 1.80 bits per heavy atom. The standard InChI is InChI=1S/C21H17F3N6/c22-21(23,24)17-11-14(12-25)8-9-19(17)28-10-4-7-18-16(13-26)20(27)30(29-18)15-5-2-1-3-6-15/h1-3,5-6,8-9,11,28H,4,7,10,27H2. The van der Waals surface area contributed by atoms with Crippen LogP contribution in [0.3, 0.4) is 0 Å². The van der Waals surface area contributed by atoms with Gasteiger partial charge in [0.05, 0.1) is 28.6 Å². The first kappa shape index (κ1) is 20.7. The summed E-state index contributed by atoms with van der Waals surface area (Å²) in [5.41, 5.74) is 6.45. The Bertz CT molecular complexity index is 1120. The lowest BCUT2D eigenvalue weighted by Gasteiger charge is -2.14. The summed E-state index contributed by atoms with van der Waals surface area (Å²) in [6.07, 6.45) is -3.79. The van der Waals surface area contributed by atoms with E-state index in [0.29, 0.717) is 24.2 Å². The summed E-state index contributed by atoms with van der Waals surface area (Å²) in [6.45, 7) is 0.220. The van der Waals surface area contributed by atoms with E-state index in [9.17, 15) is 18.4 Å². The number of hydrogen-bond donors (Lipinski definition) is 2. The van der Waals surface area contributed by atoms with Crippen LogP contribution >= 0.6 is 0 Å². The van der Waals surface area contributed by atoms with Crippen LogP contribution in [-0.4, -0.2) is 16.3 Å². The number of anilines is 2. The van der Waals surface area contributed by atoms with Crippen LogP contribution in [0.25, 0.3) is 5.69 Å². The molecular weight excluding hydrogens is 393 g/mol. The second-order valence-corrected chi connectivity index (χ2v) is 6.47. The van der Waals surface area contributed by atoms with E-state index in [-0.39, 0.29) is 29.2 Å². The SMILES string of the molecule is N#Cc1ccc(NCCCc2nn(-c3ccccc3)c(N)c2C#N)c(C(F)(F)F)c1. The van der Waals surface area contributed by atoms with Crippen molar-refractivity contribution in [2.75, 3.05) is 17.6 Å². The Hall–Kier alpha value is -3.98. The van der Waals surface area contributed by atoms with Crippen molar-refractivity contribution >= 4 is 11.5 Å². The Labute approximate surface area is 171 Å². The average molecular weight is 410 g/mol. The van der Waals surface area contributed by atoms with Gasteiger partial charge in [0, 0.05) is 12.2 Å². The van der Waals surface area contributed by atoms with Crippen LogP contribution in [0, 0.1) is 22.7 Å². The lowest BCUT2D eigenvalue weighted by Crippen LogP contribution is -2.12. The van der Waals surface area contributed by atoms with Gasteiger partial charge in [-0.1, -0.05) is 18.2 Å². The summed E-state index contributed by atoms with van der Waals surface area (Å²) < 4.78 is 41.2. The molecular formula is C21H17F3N6. The fourth-order valence-corrected chi connectivity index (χ4v) is 3.02. The van der Waals surface area contributed by atoms with Gasteiger partial charge in [-0.25, -0.2) is 4.68 Å². The first-order valence-corrected chi connectivity index (χ1v) is 9.03. The zero-order valence-corrected chi connectivity index (χ0v) is 15.7. The highest BCUT2D eigenvalue weighted by molar-refractivity contribution is 5.57. The van der Waals surface area contributed by atoms with Crippen molar-refractivity contribution in [2.45, 2.75) is 19.0 Å². The number of halogens is 3. The maximum Gasteiger partial charge on any atom is 0.418 e. The fraction of sp³-hybridized carbons (Fsp3) is 0.190. The second-order valence-electron chi connectivity index (χ2n) is 6.47. The van der Waals surface area contributed by atoms with Crippen LogP contribution in [0.15, 0.2) is 48.5 Å². The summed E-state index contributed by atoms with van der Waals surface area (Å²) in [7, 11) is 0. The van der Waals surface area contributed by atoms with E-state index in [2.05, 4.69) is 10.4 Å². The average Bonchev–Trinajstić information content (AvgIpc) is 3.06. The number of nitrogens with two attached hydrogens (primary N) is 1. The van der Waals surface area contributed by atoms with Crippen LogP contribution in [-0.2, 0) is 12.6 Å². The molecule has 0 bridgehead atoms. The number of hydrogen-bond acceptors (Lipinski definition) is 5. The first-order valence-electron chi connectivity index (χ1n) is 9.03. The fourth-order valence-electron chi connectivity index (χ4n) is 3.02. The molecule has 3 aromatic rings. The largest absolute Gasteiger partial charge is 0.418 e. The van der Waals surface area contributed by atoms with Crippen molar-refractivity contribution in [3.63, 3.8) is 0 Å². The van der Waals surface area contributed by atoms with E-state index in [0.717, 1.165) is 6.07 Å². The number of benzene rings is 2. The predicted octanol–water partition coefficient (Wildman–Crippen LogP) is 4.26. The van der Waals surface area contributed by atoms with Crippen molar-refractivity contribution in [1.29, 1.82) is 10.5 Å². The molecule has 0 amide bonds. The summed E-state index contributed by atoms with van der Waals surface area (Å²) in [5, 5.41) is 25.4. The van der Waals surface area contributed by atoms with E-state index >= 15 is 0 Å². The van der Waals surface area contributed by atoms with Gasteiger partial charge in [-0.15, -0.1) is 0 Å². The third-order valence-corrected chi connectivity index (χ3v) is 4.47. The topological polar surface area (TPSA) is 103 Å². The Balaban J connectivity index is 1.71. The van der Waals surface area contributed by atoms with Crippen molar-refractivity contribution in [1.82, 2.24) is 9.78 Å². The number of nitriles is 2. The van der Waals surface area contributed by atoms with Gasteiger partial charge >= 0.3 is 6.18 Å². The van der Waals surface area contributed by atoms with Gasteiger partial charge in [0.15, 0.2) is 0 Å². The number of nitrogen functional groups attached to an aromatic ring is 1. The molecule has 1 heterocycles. The van der Waals surface area contributed by atoms with E-state index < -0.39 is 11.7 Å². The molecule has 0 saturated heterocycles. The minimum Gasteiger partial charge on any atom is -0.385 e. The molecule has 0 spiro atoms. The predicted molar refractivity (Wildman–Crippen MR) is 106 cm³/mol. The molecule has 0 atom stereocenters. The van der Waals surface area contributed by atoms with Gasteiger partial charge in [-0.2, -0.15) is 28.8 Å². The highest BCUT2D eigenvalue weighted by atomic mass is 19.4. The van der Waals surface area contributed by atoms with Crippen LogP contribution < -0.4 is 11.1 Å². The summed E-state index contributed by atoms with van der Waals surface area (Å²) in [5.74, 6) is 0.220. The molecule has 0 aliphatic rings. The number of alkyl halides is 3. The van der Waals surface area contributed by atoms with Crippen molar-refractivity contribution in [3.8, 4) is 17.8 Å². The molecule has 2 aromatic carbocycles. The number of nitrogens with zero attached hydrogens (tertiary/aromatic N) is 4. The molecule has 1 aromatic heterocycles. The monoisotopic (exact) mass is 410 g/mol. The Morgan fingerprint density at radius 3 is 2.43 bits per heavy atom. The smallest absolute Gasteiger partial charge is 0.385 e. The van der Waals surface area contributed by atoms with E-state index in [4.69, 9.17) is 11.0 Å². The minimum absolute atomic E-state index is 0.0616. The van der Waals surface area contributed by atoms with Crippen molar-refractivity contribution in [3.05, 3.63) is 70.9 Å². The molecule has 6 nitrogen and oxygen atoms in total. The minimum atomic E-state index is -4.58. The van der Waals surface area contributed by atoms with Crippen LogP contribution in [0.2, 0.25) is 0 Å². The van der Waals surface area contributed by atoms with Crippen molar-refractivity contribution in [2.24, 2.45) is 0 Å². The zero-order chi connectivity index (χ0) is 21.7. The molecule has 0 saturated carbocycles. The third-order valence-electron chi connectivity index (χ3n) is 4.47. The van der Waals surface area contributed by atoms with E-state index in [1.807, 2.05) is 24.3 Å². The summed E-state index contributed by atoms with van der Waals surface area (Å²) in [6, 6.07) is 16.2. The molecule has 0 unspecified atom stereocenters. The van der Waals surface area contributed by atoms with Crippen LogP contribution in [0.1, 0.15) is 28.8 Å². The molecule has 30 heavy (non-hydrogen) atoms. The third kappa shape index (κ3) is 4.36. The molecule has 9 heteroatoms. The van der Waals surface area contributed by atoms with Gasteiger partial charge in [-0.3, -0.25) is 0 Å². The van der Waals surface area contributed by atoms with Gasteiger partial charge in [0.1, 0.15) is 17.5 Å². The molecule has 0 aliphatic heterocycles. The maximum atomic E-state index is 13.2. The number of nitrogens with one attached hydrogen (secondary N) is 1. The number of rotatable bonds is 6. The zero-order valence-electron chi connectivity index (χ0n) is 15.7. The van der Waals surface area contributed by atoms with E-state index in [1.54, 1.807) is 18.2 Å². The summed E-state index contributed by atoms with van der Waals surface area (Å²) in [4.78, 5) is 0. The number of aromatic nitrogens is 2. The van der Waals surface area contributed by atoms with Gasteiger partial charge < -0.3 is 11.1 Å². The van der Waals surface area contributed by atoms with Crippen molar-refractivity contribution < 1.29 is 13.2 Å². The van der Waals surface area contributed by atoms with Crippen LogP contribution in [0.5, 0.6) is 0 Å². The quantitative estimate of drug-likeness (QED) is 0.591. The lowest BCUT2D eigenvalue weighted by molar-refractivity contribution is -0.137. The number of para-hydroxylation sites is 1. The maximum absolute atomic E-state index is 13.2. The number of aryl methyl sites for hydroxylation is 1. The molecule has 3 N–H and O–H groups in total. The normalized spacial score (nSPS) is 11.0. The van der Waals surface area contributed by atoms with Crippen LogP contribution in [0.4, 0.5) is 24.7 Å². The van der Waals surface area contributed by atoms with Gasteiger partial charge in [0.25, 0.3) is 0 Å². The first-order chi connectivity index (χ1) is 14.3. The second kappa shape index (κ2) is 8.58. The summed E-state index contributed by atoms with van der Waals surface area (Å²) >= 11 is 0. The lowest BCUT2D eigenvalue weighted by atomic mass is 10.1. The van der Waals surface area contributed by atoms with Gasteiger partial charge in [-0.05, 0) is 43.2 Å². The van der Waals surface area contributed by atoms with E-state index in [1.165, 1.54) is 16.8 Å².